The van der Waals surface area contributed by atoms with Crippen molar-refractivity contribution in [2.75, 3.05) is 25.5 Å². The van der Waals surface area contributed by atoms with Crippen LogP contribution in [0.4, 0.5) is 10.0 Å². The maximum atomic E-state index is 12.4. The highest BCUT2D eigenvalue weighted by atomic mass is 32.1. The van der Waals surface area contributed by atoms with E-state index >= 15 is 0 Å². The van der Waals surface area contributed by atoms with Crippen molar-refractivity contribution in [2.24, 2.45) is 0 Å². The molecule has 10 heteroatoms. The molecule has 0 spiro atoms. The molecule has 1 N–H and O–H groups in total. The van der Waals surface area contributed by atoms with E-state index in [4.69, 9.17) is 4.74 Å². The highest BCUT2D eigenvalue weighted by Gasteiger charge is 2.28. The average Bonchev–Trinajstić information content (AvgIpc) is 3.24. The molecule has 0 bridgehead atoms. The summed E-state index contributed by atoms with van der Waals surface area (Å²) < 4.78 is 5.18. The summed E-state index contributed by atoms with van der Waals surface area (Å²) in [7, 11) is 2.01. The number of nitrogens with one attached hydrogen (secondary N) is 1. The number of rotatable bonds is 6. The van der Waals surface area contributed by atoms with Crippen LogP contribution in [0.1, 0.15) is 32.6 Å². The maximum Gasteiger partial charge on any atom is 0.341 e. The van der Waals surface area contributed by atoms with Gasteiger partial charge in [0.15, 0.2) is 0 Å². The van der Waals surface area contributed by atoms with Crippen LogP contribution in [-0.4, -0.2) is 41.9 Å². The molecule has 0 saturated heterocycles. The van der Waals surface area contributed by atoms with Crippen LogP contribution in [0.5, 0.6) is 0 Å². The summed E-state index contributed by atoms with van der Waals surface area (Å²) in [6.07, 6.45) is 3.54. The van der Waals surface area contributed by atoms with Gasteiger partial charge in [-0.15, -0.1) is 11.3 Å². The topological polar surface area (TPSA) is 102 Å². The highest BCUT2D eigenvalue weighted by Crippen LogP contribution is 2.37. The van der Waals surface area contributed by atoms with E-state index < -0.39 is 16.8 Å². The number of nitrogens with zero attached hydrogens (tertiary/aromatic N) is 2. The Morgan fingerprint density at radius 2 is 2.18 bits per heavy atom. The Bertz CT molecular complexity index is 947. The number of hydrogen-bond acceptors (Lipinski definition) is 8. The number of ether oxygens (including phenoxy) is 1. The molecule has 1 aliphatic rings. The molecule has 3 heterocycles. The van der Waals surface area contributed by atoms with E-state index in [1.807, 2.05) is 7.05 Å². The number of anilines is 1. The molecule has 0 aliphatic carbocycles. The molecule has 2 aromatic rings. The second-order valence-electron chi connectivity index (χ2n) is 6.17. The number of carbonyl (C=O) groups is 2. The van der Waals surface area contributed by atoms with Crippen LogP contribution in [-0.2, 0) is 22.5 Å². The molecule has 0 atom stereocenters. The first-order valence-electron chi connectivity index (χ1n) is 8.62. The van der Waals surface area contributed by atoms with Gasteiger partial charge >= 0.3 is 11.0 Å². The molecule has 0 fully saturated rings. The summed E-state index contributed by atoms with van der Waals surface area (Å²) >= 11 is 2.37. The fourth-order valence-electron chi connectivity index (χ4n) is 2.88. The summed E-state index contributed by atoms with van der Waals surface area (Å²) in [5, 5.41) is 14.0. The van der Waals surface area contributed by atoms with Crippen LogP contribution in [0, 0.1) is 10.1 Å². The number of thiophene rings is 2. The molecule has 0 radical (unpaired) electrons. The summed E-state index contributed by atoms with van der Waals surface area (Å²) in [6, 6.07) is 2.97. The van der Waals surface area contributed by atoms with Gasteiger partial charge in [0.1, 0.15) is 5.00 Å². The lowest BCUT2D eigenvalue weighted by Crippen LogP contribution is -2.26. The van der Waals surface area contributed by atoms with Gasteiger partial charge in [0, 0.05) is 35.0 Å². The van der Waals surface area contributed by atoms with Crippen LogP contribution in [0.3, 0.4) is 0 Å². The first-order chi connectivity index (χ1) is 13.4. The molecule has 1 amide bonds. The van der Waals surface area contributed by atoms with Gasteiger partial charge in [-0.1, -0.05) is 11.3 Å². The van der Waals surface area contributed by atoms with E-state index in [0.29, 0.717) is 15.4 Å². The number of likely N-dealkylation sites (N-methyl/N-ethyl adjacent to an activating group) is 1. The second-order valence-corrected chi connectivity index (χ2v) is 8.37. The first kappa shape index (κ1) is 20.2. The number of amides is 1. The van der Waals surface area contributed by atoms with Gasteiger partial charge < -0.3 is 15.0 Å². The lowest BCUT2D eigenvalue weighted by molar-refractivity contribution is -0.380. The van der Waals surface area contributed by atoms with Crippen molar-refractivity contribution >= 4 is 50.6 Å². The van der Waals surface area contributed by atoms with E-state index in [1.165, 1.54) is 29.6 Å². The van der Waals surface area contributed by atoms with Crippen molar-refractivity contribution in [1.82, 2.24) is 4.90 Å². The molecular weight excluding hydrogens is 402 g/mol. The predicted molar refractivity (Wildman–Crippen MR) is 109 cm³/mol. The van der Waals surface area contributed by atoms with Crippen molar-refractivity contribution < 1.29 is 19.2 Å². The number of carbonyl (C=O) groups excluding carboxylic acids is 2. The van der Waals surface area contributed by atoms with E-state index in [2.05, 4.69) is 10.2 Å². The van der Waals surface area contributed by atoms with Crippen LogP contribution >= 0.6 is 22.7 Å². The van der Waals surface area contributed by atoms with E-state index in [1.54, 1.807) is 13.0 Å². The van der Waals surface area contributed by atoms with Crippen molar-refractivity contribution in [3.8, 4) is 0 Å². The zero-order chi connectivity index (χ0) is 20.3. The summed E-state index contributed by atoms with van der Waals surface area (Å²) in [6.45, 7) is 3.55. The smallest absolute Gasteiger partial charge is 0.341 e. The lowest BCUT2D eigenvalue weighted by atomic mass is 10.0. The van der Waals surface area contributed by atoms with Crippen LogP contribution in [0.25, 0.3) is 6.08 Å². The van der Waals surface area contributed by atoms with Gasteiger partial charge in [0.05, 0.1) is 17.1 Å². The maximum absolute atomic E-state index is 12.4. The molecule has 28 heavy (non-hydrogen) atoms. The molecular formula is C18H19N3O5S2. The van der Waals surface area contributed by atoms with Crippen molar-refractivity contribution in [1.29, 1.82) is 0 Å². The Hall–Kier alpha value is -2.56. The average molecular weight is 422 g/mol. The minimum absolute atomic E-state index is 0.0136. The normalized spacial score (nSPS) is 14.1. The van der Waals surface area contributed by atoms with Gasteiger partial charge in [-0.25, -0.2) is 4.79 Å². The van der Waals surface area contributed by atoms with Crippen molar-refractivity contribution in [2.45, 2.75) is 19.9 Å². The van der Waals surface area contributed by atoms with E-state index in [9.17, 15) is 19.7 Å². The van der Waals surface area contributed by atoms with Gasteiger partial charge in [-0.3, -0.25) is 14.9 Å². The van der Waals surface area contributed by atoms with Gasteiger partial charge in [0.25, 0.3) is 0 Å². The number of nitro groups is 1. The standard InChI is InChI=1S/C18H19N3O5S2/c1-3-26-18(23)16-12-8-9-20(2)10-13(12)28-17(16)19-14(22)6-4-11-5-7-15(27-11)21(24)25/h4-7H,3,8-10H2,1-2H3,(H,19,22)/b6-4+. The molecule has 8 nitrogen and oxygen atoms in total. The largest absolute Gasteiger partial charge is 0.462 e. The highest BCUT2D eigenvalue weighted by molar-refractivity contribution is 7.17. The SMILES string of the molecule is CCOC(=O)c1c(NC(=O)/C=C/c2ccc([N+](=O)[O-])s2)sc2c1CCN(C)C2. The van der Waals surface area contributed by atoms with Gasteiger partial charge in [-0.2, -0.15) is 0 Å². The number of hydrogen-bond donors (Lipinski definition) is 1. The lowest BCUT2D eigenvalue weighted by Gasteiger charge is -2.22. The monoisotopic (exact) mass is 421 g/mol. The molecule has 3 rings (SSSR count). The Morgan fingerprint density at radius 3 is 2.86 bits per heavy atom. The molecule has 148 valence electrons. The molecule has 2 aromatic heterocycles. The van der Waals surface area contributed by atoms with Crippen LogP contribution < -0.4 is 5.32 Å². The summed E-state index contributed by atoms with van der Waals surface area (Å²) in [5.74, 6) is -0.841. The van der Waals surface area contributed by atoms with Crippen LogP contribution in [0.2, 0.25) is 0 Å². The Kier molecular flexibility index (Phi) is 6.22. The molecule has 1 aliphatic heterocycles. The zero-order valence-corrected chi connectivity index (χ0v) is 17.0. The van der Waals surface area contributed by atoms with E-state index in [0.717, 1.165) is 41.3 Å². The van der Waals surface area contributed by atoms with Crippen molar-refractivity contribution in [3.05, 3.63) is 49.2 Å². The minimum atomic E-state index is -0.471. The minimum Gasteiger partial charge on any atom is -0.462 e. The Balaban J connectivity index is 1.80. The quantitative estimate of drug-likeness (QED) is 0.331. The third kappa shape index (κ3) is 4.46. The fourth-order valence-corrected chi connectivity index (χ4v) is 4.92. The number of esters is 1. The molecule has 0 unspecified atom stereocenters. The van der Waals surface area contributed by atoms with Gasteiger partial charge in [0.2, 0.25) is 5.91 Å². The van der Waals surface area contributed by atoms with Crippen molar-refractivity contribution in [3.63, 3.8) is 0 Å². The third-order valence-corrected chi connectivity index (χ3v) is 6.29. The van der Waals surface area contributed by atoms with Gasteiger partial charge in [-0.05, 0) is 38.1 Å². The third-order valence-electron chi connectivity index (χ3n) is 4.16. The molecule has 0 saturated carbocycles. The summed E-state index contributed by atoms with van der Waals surface area (Å²) in [5.41, 5.74) is 1.37. The Labute approximate surface area is 169 Å². The first-order valence-corrected chi connectivity index (χ1v) is 10.3. The predicted octanol–water partition coefficient (Wildman–Crippen LogP) is 3.53. The fraction of sp³-hybridized carbons (Fsp3) is 0.333. The van der Waals surface area contributed by atoms with Crippen LogP contribution in [0.15, 0.2) is 18.2 Å². The number of fused-ring (bicyclic) bond motifs is 1. The van der Waals surface area contributed by atoms with E-state index in [-0.39, 0.29) is 11.6 Å². The summed E-state index contributed by atoms with van der Waals surface area (Å²) in [4.78, 5) is 38.9. The second kappa shape index (κ2) is 8.63. The molecule has 0 aromatic carbocycles. The Morgan fingerprint density at radius 1 is 1.39 bits per heavy atom. The zero-order valence-electron chi connectivity index (χ0n) is 15.4.